The highest BCUT2D eigenvalue weighted by Gasteiger charge is 2.29. The average Bonchev–Trinajstić information content (AvgIpc) is 3.28. The molecule has 1 unspecified atom stereocenters. The van der Waals surface area contributed by atoms with Gasteiger partial charge in [-0.3, -0.25) is 4.79 Å². The average molecular weight is 555 g/mol. The second-order valence-corrected chi connectivity index (χ2v) is 9.84. The van der Waals surface area contributed by atoms with Crippen LogP contribution >= 0.6 is 0 Å². The van der Waals surface area contributed by atoms with E-state index < -0.39 is 12.0 Å². The molecular weight excluding hydrogens is 520 g/mol. The van der Waals surface area contributed by atoms with Gasteiger partial charge in [-0.1, -0.05) is 54.6 Å². The number of hydrogen-bond donors (Lipinski definition) is 1. The van der Waals surface area contributed by atoms with Crippen LogP contribution in [0.1, 0.15) is 33.1 Å². The molecule has 1 aromatic heterocycles. The molecule has 1 amide bonds. The van der Waals surface area contributed by atoms with Gasteiger partial charge < -0.3 is 29.0 Å². The number of fused-ring (bicyclic) bond motifs is 1. The van der Waals surface area contributed by atoms with Crippen molar-refractivity contribution in [2.75, 3.05) is 39.3 Å². The molecule has 1 N–H and O–H groups in total. The lowest BCUT2D eigenvalue weighted by Crippen LogP contribution is -2.47. The molecule has 9 nitrogen and oxygen atoms in total. The molecule has 41 heavy (non-hydrogen) atoms. The summed E-state index contributed by atoms with van der Waals surface area (Å²) in [5, 5.41) is 3.35. The third-order valence-corrected chi connectivity index (χ3v) is 7.25. The Balaban J connectivity index is 1.42. The predicted molar refractivity (Wildman–Crippen MR) is 156 cm³/mol. The number of nitrogens with zero attached hydrogens (tertiary/aromatic N) is 3. The number of ether oxygens (including phenoxy) is 3. The summed E-state index contributed by atoms with van der Waals surface area (Å²) in [4.78, 5) is 32.5. The van der Waals surface area contributed by atoms with Gasteiger partial charge in [0.15, 0.2) is 5.69 Å². The van der Waals surface area contributed by atoms with Crippen molar-refractivity contribution < 1.29 is 23.8 Å². The SMILES string of the molecule is COC(=O)c1nc(Cc2ccccc2)n(Cc2ccc(OC)cc2)c1CCNC1COc2ccccc2N(C)C1=O. The van der Waals surface area contributed by atoms with Gasteiger partial charge in [0.25, 0.3) is 0 Å². The zero-order valence-electron chi connectivity index (χ0n) is 23.5. The number of nitrogens with one attached hydrogen (secondary N) is 1. The number of carbonyl (C=O) groups excluding carboxylic acids is 2. The van der Waals surface area contributed by atoms with E-state index >= 15 is 0 Å². The van der Waals surface area contributed by atoms with Gasteiger partial charge in [-0.15, -0.1) is 0 Å². The molecule has 0 spiro atoms. The molecular formula is C32H34N4O5. The summed E-state index contributed by atoms with van der Waals surface area (Å²) < 4.78 is 18.5. The molecule has 0 bridgehead atoms. The lowest BCUT2D eigenvalue weighted by Gasteiger charge is -2.20. The van der Waals surface area contributed by atoms with Gasteiger partial charge in [0.2, 0.25) is 5.91 Å². The van der Waals surface area contributed by atoms with E-state index in [9.17, 15) is 9.59 Å². The number of para-hydroxylation sites is 2. The van der Waals surface area contributed by atoms with Crippen molar-refractivity contribution in [2.45, 2.75) is 25.4 Å². The number of benzene rings is 3. The predicted octanol–water partition coefficient (Wildman–Crippen LogP) is 3.87. The molecule has 212 valence electrons. The lowest BCUT2D eigenvalue weighted by molar-refractivity contribution is -0.120. The zero-order valence-corrected chi connectivity index (χ0v) is 23.5. The fraction of sp³-hybridized carbons (Fsp3) is 0.281. The topological polar surface area (TPSA) is 94.9 Å². The minimum Gasteiger partial charge on any atom is -0.497 e. The first-order chi connectivity index (χ1) is 20.0. The van der Waals surface area contributed by atoms with Crippen molar-refractivity contribution >= 4 is 17.6 Å². The number of aromatic nitrogens is 2. The molecule has 3 aromatic carbocycles. The highest BCUT2D eigenvalue weighted by molar-refractivity contribution is 5.98. The Kier molecular flexibility index (Phi) is 8.64. The lowest BCUT2D eigenvalue weighted by atomic mass is 10.1. The second-order valence-electron chi connectivity index (χ2n) is 9.84. The molecule has 9 heteroatoms. The van der Waals surface area contributed by atoms with Crippen LogP contribution in [0.5, 0.6) is 11.5 Å². The van der Waals surface area contributed by atoms with Gasteiger partial charge >= 0.3 is 5.97 Å². The van der Waals surface area contributed by atoms with Crippen molar-refractivity contribution in [1.29, 1.82) is 0 Å². The summed E-state index contributed by atoms with van der Waals surface area (Å²) in [5.41, 5.74) is 3.87. The van der Waals surface area contributed by atoms with E-state index in [2.05, 4.69) is 9.88 Å². The first-order valence-corrected chi connectivity index (χ1v) is 13.5. The van der Waals surface area contributed by atoms with Crippen molar-refractivity contribution in [3.05, 3.63) is 107 Å². The minimum absolute atomic E-state index is 0.0837. The molecule has 0 saturated heterocycles. The van der Waals surface area contributed by atoms with E-state index in [4.69, 9.17) is 19.2 Å². The quantitative estimate of drug-likeness (QED) is 0.298. The number of hydrogen-bond acceptors (Lipinski definition) is 7. The van der Waals surface area contributed by atoms with Crippen molar-refractivity contribution in [1.82, 2.24) is 14.9 Å². The monoisotopic (exact) mass is 554 g/mol. The number of likely N-dealkylation sites (N-methyl/N-ethyl adjacent to an activating group) is 1. The summed E-state index contributed by atoms with van der Waals surface area (Å²) in [6.45, 7) is 1.14. The van der Waals surface area contributed by atoms with Crippen LogP contribution in [0.25, 0.3) is 0 Å². The summed E-state index contributed by atoms with van der Waals surface area (Å²) in [5.74, 6) is 1.62. The van der Waals surface area contributed by atoms with E-state index in [1.807, 2.05) is 78.9 Å². The zero-order chi connectivity index (χ0) is 28.8. The maximum Gasteiger partial charge on any atom is 0.358 e. The molecule has 5 rings (SSSR count). The van der Waals surface area contributed by atoms with Crippen molar-refractivity contribution in [3.8, 4) is 11.5 Å². The number of carbonyl (C=O) groups is 2. The highest BCUT2D eigenvalue weighted by atomic mass is 16.5. The van der Waals surface area contributed by atoms with Crippen molar-refractivity contribution in [3.63, 3.8) is 0 Å². The number of methoxy groups -OCH3 is 2. The molecule has 0 aliphatic carbocycles. The molecule has 0 radical (unpaired) electrons. The van der Waals surface area contributed by atoms with Crippen LogP contribution in [0.2, 0.25) is 0 Å². The van der Waals surface area contributed by atoms with Crippen LogP contribution in [0.4, 0.5) is 5.69 Å². The Morgan fingerprint density at radius 3 is 2.46 bits per heavy atom. The molecule has 1 atom stereocenters. The Bertz CT molecular complexity index is 1500. The Morgan fingerprint density at radius 1 is 1.00 bits per heavy atom. The first-order valence-electron chi connectivity index (χ1n) is 13.5. The minimum atomic E-state index is -0.546. The Labute approximate surface area is 239 Å². The third-order valence-electron chi connectivity index (χ3n) is 7.25. The van der Waals surface area contributed by atoms with Gasteiger partial charge in [0, 0.05) is 33.0 Å². The summed E-state index contributed by atoms with van der Waals surface area (Å²) in [7, 11) is 4.75. The Morgan fingerprint density at radius 2 is 1.73 bits per heavy atom. The van der Waals surface area contributed by atoms with E-state index in [0.29, 0.717) is 31.7 Å². The molecule has 4 aromatic rings. The molecule has 1 aliphatic rings. The number of esters is 1. The van der Waals surface area contributed by atoms with E-state index in [1.54, 1.807) is 19.1 Å². The van der Waals surface area contributed by atoms with Crippen LogP contribution in [0, 0.1) is 0 Å². The molecule has 1 aliphatic heterocycles. The smallest absolute Gasteiger partial charge is 0.358 e. The normalized spacial score (nSPS) is 14.7. The van der Waals surface area contributed by atoms with Gasteiger partial charge in [0.05, 0.1) is 25.6 Å². The van der Waals surface area contributed by atoms with Crippen LogP contribution < -0.4 is 19.7 Å². The van der Waals surface area contributed by atoms with Crippen LogP contribution in [-0.2, 0) is 28.9 Å². The number of imidazole rings is 1. The number of amides is 1. The fourth-order valence-corrected chi connectivity index (χ4v) is 5.03. The maximum atomic E-state index is 13.2. The molecule has 0 fully saturated rings. The molecule has 2 heterocycles. The summed E-state index contributed by atoms with van der Waals surface area (Å²) >= 11 is 0. The molecule has 0 saturated carbocycles. The van der Waals surface area contributed by atoms with E-state index in [-0.39, 0.29) is 18.2 Å². The summed E-state index contributed by atoms with van der Waals surface area (Å²) in [6.07, 6.45) is 0.995. The van der Waals surface area contributed by atoms with E-state index in [1.165, 1.54) is 7.11 Å². The third kappa shape index (κ3) is 6.25. The van der Waals surface area contributed by atoms with Crippen LogP contribution in [-0.4, -0.2) is 61.9 Å². The van der Waals surface area contributed by atoms with Crippen molar-refractivity contribution in [2.24, 2.45) is 0 Å². The van der Waals surface area contributed by atoms with Gasteiger partial charge in [-0.25, -0.2) is 9.78 Å². The largest absolute Gasteiger partial charge is 0.497 e. The number of rotatable bonds is 10. The van der Waals surface area contributed by atoms with Gasteiger partial charge in [-0.2, -0.15) is 0 Å². The second kappa shape index (κ2) is 12.7. The van der Waals surface area contributed by atoms with Crippen LogP contribution in [0.15, 0.2) is 78.9 Å². The number of anilines is 1. The van der Waals surface area contributed by atoms with Gasteiger partial charge in [-0.05, 0) is 35.4 Å². The maximum absolute atomic E-state index is 13.2. The van der Waals surface area contributed by atoms with E-state index in [0.717, 1.165) is 34.1 Å². The van der Waals surface area contributed by atoms with Crippen LogP contribution in [0.3, 0.4) is 0 Å². The fourth-order valence-electron chi connectivity index (χ4n) is 5.03. The first kappa shape index (κ1) is 27.9. The van der Waals surface area contributed by atoms with Gasteiger partial charge in [0.1, 0.15) is 30.0 Å². The summed E-state index contributed by atoms with van der Waals surface area (Å²) in [6, 6.07) is 24.8. The standard InChI is InChI=1S/C32H34N4O5/c1-35-26-11-7-8-12-28(26)41-21-25(31(35)37)33-18-17-27-30(32(38)40-3)34-29(19-22-9-5-4-6-10-22)36(27)20-23-13-15-24(39-2)16-14-23/h4-16,25,33H,17-21H2,1-3H3. The highest BCUT2D eigenvalue weighted by Crippen LogP contribution is 2.30. The Hall–Kier alpha value is -4.63.